The lowest BCUT2D eigenvalue weighted by atomic mass is 10.5. The lowest BCUT2D eigenvalue weighted by molar-refractivity contribution is -0.118. The fourth-order valence-corrected chi connectivity index (χ4v) is 0.965. The molecule has 3 amide bonds. The molecule has 1 rings (SSSR count). The first-order valence-corrected chi connectivity index (χ1v) is 3.99. The van der Waals surface area contributed by atoms with Gasteiger partial charge in [0.25, 0.3) is 0 Å². The molecule has 0 spiro atoms. The van der Waals surface area contributed by atoms with Gasteiger partial charge in [-0.2, -0.15) is 0 Å². The Balaban J connectivity index is 2.47. The highest BCUT2D eigenvalue weighted by atomic mass is 79.9. The molecule has 5 heteroatoms. The molecular formula is C6H7BrN2O2. The molecule has 1 aliphatic heterocycles. The number of halogens is 1. The number of hydrogen-bond donors (Lipinski definition) is 1. The zero-order valence-electron chi connectivity index (χ0n) is 5.71. The molecule has 1 aliphatic rings. The van der Waals surface area contributed by atoms with Crippen LogP contribution in [-0.4, -0.2) is 29.9 Å². The Bertz CT molecular complexity index is 215. The maximum absolute atomic E-state index is 10.8. The predicted molar refractivity (Wildman–Crippen MR) is 43.2 cm³/mol. The normalized spacial score (nSPS) is 18.1. The highest BCUT2D eigenvalue weighted by Crippen LogP contribution is 1.98. The largest absolute Gasteiger partial charge is 0.324 e. The number of urea groups is 1. The number of rotatable bonds is 2. The number of carbonyl (C=O) groups excluding carboxylic acids is 2. The highest BCUT2D eigenvalue weighted by molar-refractivity contribution is 9.11. The Labute approximate surface area is 72.4 Å². The van der Waals surface area contributed by atoms with Gasteiger partial charge in [-0.15, -0.1) is 0 Å². The summed E-state index contributed by atoms with van der Waals surface area (Å²) in [5.74, 6) is -0.238. The zero-order valence-corrected chi connectivity index (χ0v) is 7.30. The second-order valence-corrected chi connectivity index (χ2v) is 2.62. The summed E-state index contributed by atoms with van der Waals surface area (Å²) < 4.78 is 0. The van der Waals surface area contributed by atoms with Crippen LogP contribution in [0.1, 0.15) is 0 Å². The van der Waals surface area contributed by atoms with Gasteiger partial charge >= 0.3 is 6.03 Å². The van der Waals surface area contributed by atoms with Gasteiger partial charge in [-0.3, -0.25) is 10.1 Å². The van der Waals surface area contributed by atoms with Gasteiger partial charge in [0.1, 0.15) is 6.54 Å². The first kappa shape index (κ1) is 8.26. The molecule has 1 heterocycles. The van der Waals surface area contributed by atoms with Crippen molar-refractivity contribution in [1.29, 1.82) is 0 Å². The first-order valence-electron chi connectivity index (χ1n) is 3.08. The molecular weight excluding hydrogens is 212 g/mol. The molecule has 0 aromatic heterocycles. The van der Waals surface area contributed by atoms with Crippen LogP contribution < -0.4 is 5.32 Å². The topological polar surface area (TPSA) is 49.4 Å². The van der Waals surface area contributed by atoms with E-state index in [4.69, 9.17) is 0 Å². The van der Waals surface area contributed by atoms with Crippen molar-refractivity contribution < 1.29 is 9.59 Å². The number of nitrogens with one attached hydrogen (secondary N) is 1. The summed E-state index contributed by atoms with van der Waals surface area (Å²) in [4.78, 5) is 24.5. The third-order valence-electron chi connectivity index (χ3n) is 1.28. The van der Waals surface area contributed by atoms with E-state index in [9.17, 15) is 9.59 Å². The van der Waals surface area contributed by atoms with E-state index in [1.54, 1.807) is 11.1 Å². The zero-order chi connectivity index (χ0) is 8.27. The Morgan fingerprint density at radius 3 is 2.82 bits per heavy atom. The van der Waals surface area contributed by atoms with Crippen molar-refractivity contribution in [2.75, 3.05) is 13.1 Å². The summed E-state index contributed by atoms with van der Waals surface area (Å²) >= 11 is 3.07. The molecule has 4 nitrogen and oxygen atoms in total. The minimum Gasteiger partial charge on any atom is -0.311 e. The molecule has 0 aromatic carbocycles. The van der Waals surface area contributed by atoms with Crippen LogP contribution in [0.15, 0.2) is 11.1 Å². The number of carbonyl (C=O) groups is 2. The molecule has 0 saturated carbocycles. The summed E-state index contributed by atoms with van der Waals surface area (Å²) in [6, 6.07) is -0.319. The minimum absolute atomic E-state index is 0.163. The number of hydrogen-bond acceptors (Lipinski definition) is 2. The molecule has 1 saturated heterocycles. The van der Waals surface area contributed by atoms with Gasteiger partial charge in [0.2, 0.25) is 5.91 Å². The van der Waals surface area contributed by atoms with E-state index in [-0.39, 0.29) is 18.5 Å². The third kappa shape index (κ3) is 2.04. The van der Waals surface area contributed by atoms with Crippen LogP contribution in [0, 0.1) is 0 Å². The molecule has 1 N–H and O–H groups in total. The van der Waals surface area contributed by atoms with Gasteiger partial charge in [-0.05, 0) is 4.99 Å². The third-order valence-corrected chi connectivity index (χ3v) is 1.66. The highest BCUT2D eigenvalue weighted by Gasteiger charge is 2.24. The number of imide groups is 1. The maximum Gasteiger partial charge on any atom is 0.324 e. The van der Waals surface area contributed by atoms with Gasteiger partial charge in [0.15, 0.2) is 0 Å². The molecule has 0 bridgehead atoms. The fourth-order valence-electron chi connectivity index (χ4n) is 0.798. The van der Waals surface area contributed by atoms with Crippen molar-refractivity contribution in [3.05, 3.63) is 11.1 Å². The average molecular weight is 219 g/mol. The molecule has 60 valence electrons. The Morgan fingerprint density at radius 2 is 2.36 bits per heavy atom. The van der Waals surface area contributed by atoms with E-state index >= 15 is 0 Å². The maximum atomic E-state index is 10.8. The van der Waals surface area contributed by atoms with Gasteiger partial charge in [0, 0.05) is 6.54 Å². The van der Waals surface area contributed by atoms with Crippen LogP contribution in [0.5, 0.6) is 0 Å². The second-order valence-electron chi connectivity index (χ2n) is 2.10. The molecule has 0 atom stereocenters. The molecule has 0 aliphatic carbocycles. The minimum atomic E-state index is -0.319. The molecule has 11 heavy (non-hydrogen) atoms. The Morgan fingerprint density at radius 1 is 1.64 bits per heavy atom. The van der Waals surface area contributed by atoms with Crippen molar-refractivity contribution >= 4 is 27.9 Å². The van der Waals surface area contributed by atoms with Gasteiger partial charge in [-0.1, -0.05) is 22.0 Å². The van der Waals surface area contributed by atoms with Gasteiger partial charge in [0.05, 0.1) is 0 Å². The van der Waals surface area contributed by atoms with E-state index in [0.717, 1.165) is 0 Å². The summed E-state index contributed by atoms with van der Waals surface area (Å²) in [7, 11) is 0. The summed E-state index contributed by atoms with van der Waals surface area (Å²) in [6.07, 6.45) is 1.75. The standard InChI is InChI=1S/C6H7BrN2O2/c7-2-1-3-9-4-5(10)8-6(9)11/h1-2H,3-4H2,(H,8,10,11)/b2-1+. The van der Waals surface area contributed by atoms with Crippen LogP contribution in [0.3, 0.4) is 0 Å². The molecule has 0 unspecified atom stereocenters. The smallest absolute Gasteiger partial charge is 0.311 e. The second kappa shape index (κ2) is 3.52. The average Bonchev–Trinajstić information content (AvgIpc) is 2.26. The van der Waals surface area contributed by atoms with Crippen molar-refractivity contribution in [2.45, 2.75) is 0 Å². The molecule has 0 radical (unpaired) electrons. The van der Waals surface area contributed by atoms with Crippen LogP contribution >= 0.6 is 15.9 Å². The van der Waals surface area contributed by atoms with Crippen LogP contribution in [0.2, 0.25) is 0 Å². The Kier molecular flexibility index (Phi) is 2.64. The van der Waals surface area contributed by atoms with Gasteiger partial charge < -0.3 is 4.90 Å². The van der Waals surface area contributed by atoms with Crippen LogP contribution in [-0.2, 0) is 4.79 Å². The van der Waals surface area contributed by atoms with Crippen LogP contribution in [0.4, 0.5) is 4.79 Å². The quantitative estimate of drug-likeness (QED) is 0.685. The lowest BCUT2D eigenvalue weighted by Crippen LogP contribution is -2.28. The Hall–Kier alpha value is -0.840. The number of nitrogens with zero attached hydrogens (tertiary/aromatic N) is 1. The van der Waals surface area contributed by atoms with E-state index < -0.39 is 0 Å². The van der Waals surface area contributed by atoms with E-state index in [2.05, 4.69) is 21.2 Å². The van der Waals surface area contributed by atoms with E-state index in [0.29, 0.717) is 6.54 Å². The predicted octanol–water partition coefficient (Wildman–Crippen LogP) is 0.447. The van der Waals surface area contributed by atoms with Crippen molar-refractivity contribution in [1.82, 2.24) is 10.2 Å². The molecule has 0 aromatic rings. The SMILES string of the molecule is O=C1CN(C/C=C/Br)C(=O)N1. The monoisotopic (exact) mass is 218 g/mol. The molecule has 1 fully saturated rings. The van der Waals surface area contributed by atoms with Gasteiger partial charge in [-0.25, -0.2) is 4.79 Å². The first-order chi connectivity index (χ1) is 5.24. The number of amides is 3. The van der Waals surface area contributed by atoms with E-state index in [1.165, 1.54) is 4.90 Å². The fraction of sp³-hybridized carbons (Fsp3) is 0.333. The summed E-state index contributed by atoms with van der Waals surface area (Å²) in [5, 5.41) is 2.17. The summed E-state index contributed by atoms with van der Waals surface area (Å²) in [5.41, 5.74) is 0. The van der Waals surface area contributed by atoms with Crippen molar-refractivity contribution in [3.63, 3.8) is 0 Å². The van der Waals surface area contributed by atoms with Crippen molar-refractivity contribution in [2.24, 2.45) is 0 Å². The lowest BCUT2D eigenvalue weighted by Gasteiger charge is -2.07. The summed E-state index contributed by atoms with van der Waals surface area (Å²) in [6.45, 7) is 0.624. The van der Waals surface area contributed by atoms with Crippen LogP contribution in [0.25, 0.3) is 0 Å². The van der Waals surface area contributed by atoms with E-state index in [1.807, 2.05) is 0 Å². The van der Waals surface area contributed by atoms with Crippen molar-refractivity contribution in [3.8, 4) is 0 Å².